The highest BCUT2D eigenvalue weighted by atomic mass is 32.1. The van der Waals surface area contributed by atoms with Crippen LogP contribution in [-0.4, -0.2) is 58.1 Å². The molecule has 0 aliphatic carbocycles. The van der Waals surface area contributed by atoms with E-state index in [2.05, 4.69) is 10.4 Å². The molecule has 0 aliphatic heterocycles. The fraction of sp³-hybridized carbons (Fsp3) is 0.444. The lowest BCUT2D eigenvalue weighted by atomic mass is 10.1. The molecule has 0 atom stereocenters. The minimum absolute atomic E-state index is 0.0316. The van der Waals surface area contributed by atoms with Crippen LogP contribution in [0.1, 0.15) is 45.4 Å². The van der Waals surface area contributed by atoms with Gasteiger partial charge in [0.25, 0.3) is 5.91 Å². The first-order valence-corrected chi connectivity index (χ1v) is 9.97. The number of hydrogen-bond acceptors (Lipinski definition) is 8. The van der Waals surface area contributed by atoms with Gasteiger partial charge in [-0.1, -0.05) is 6.92 Å². The highest BCUT2D eigenvalue weighted by Gasteiger charge is 2.27. The van der Waals surface area contributed by atoms with Crippen LogP contribution >= 0.6 is 11.3 Å². The number of esters is 1. The molecular weight excluding hydrogens is 414 g/mol. The van der Waals surface area contributed by atoms with Crippen LogP contribution in [0.5, 0.6) is 0 Å². The average molecular weight is 437 g/mol. The third-order valence-electron chi connectivity index (χ3n) is 4.02. The number of rotatable bonds is 9. The number of carbonyl (C=O) groups is 3. The minimum Gasteiger partial charge on any atom is -0.462 e. The maximum Gasteiger partial charge on any atom is 0.389 e. The number of nitrogens with one attached hydrogen (secondary N) is 1. The quantitative estimate of drug-likeness (QED) is 0.361. The predicted octanol–water partition coefficient (Wildman–Crippen LogP) is 2.46. The second-order valence-corrected chi connectivity index (χ2v) is 7.61. The van der Waals surface area contributed by atoms with Crippen LogP contribution in [-0.2, 0) is 16.1 Å². The summed E-state index contributed by atoms with van der Waals surface area (Å²) in [6, 6.07) is 1.24. The highest BCUT2D eigenvalue weighted by molar-refractivity contribution is 7.18. The number of ether oxygens (including phenoxy) is 1. The second-order valence-electron chi connectivity index (χ2n) is 6.59. The zero-order chi connectivity index (χ0) is 22.4. The lowest BCUT2D eigenvalue weighted by Crippen LogP contribution is -2.21. The standard InChI is InChI=1S/C18H23N5O6S/c1-5-10-29-18(26)14-11(2)15(17(25)21(3)4)30-16(14)19-13(24)7-9-22-8-6-12(20-22)23(27)28/h6,8H,5,7,9-10H2,1-4H3,(H,19,24). The number of aryl methyl sites for hydroxylation is 1. The van der Waals surface area contributed by atoms with Crippen LogP contribution in [0.15, 0.2) is 12.3 Å². The van der Waals surface area contributed by atoms with Crippen molar-refractivity contribution in [3.63, 3.8) is 0 Å². The summed E-state index contributed by atoms with van der Waals surface area (Å²) in [4.78, 5) is 49.1. The largest absolute Gasteiger partial charge is 0.462 e. The van der Waals surface area contributed by atoms with Gasteiger partial charge in [-0.05, 0) is 23.8 Å². The molecule has 0 unspecified atom stereocenters. The van der Waals surface area contributed by atoms with Crippen LogP contribution < -0.4 is 5.32 Å². The molecule has 0 saturated heterocycles. The van der Waals surface area contributed by atoms with Crippen molar-refractivity contribution in [2.45, 2.75) is 33.2 Å². The van der Waals surface area contributed by atoms with Crippen molar-refractivity contribution in [2.24, 2.45) is 0 Å². The summed E-state index contributed by atoms with van der Waals surface area (Å²) in [7, 11) is 3.19. The van der Waals surface area contributed by atoms with Gasteiger partial charge in [0.15, 0.2) is 0 Å². The molecule has 12 heteroatoms. The Bertz CT molecular complexity index is 964. The average Bonchev–Trinajstić information content (AvgIpc) is 3.28. The summed E-state index contributed by atoms with van der Waals surface area (Å²) in [6.45, 7) is 3.82. The van der Waals surface area contributed by atoms with Crippen LogP contribution in [0, 0.1) is 17.0 Å². The molecule has 1 N–H and O–H groups in total. The molecule has 0 fully saturated rings. The maximum atomic E-state index is 12.5. The van der Waals surface area contributed by atoms with E-state index in [0.29, 0.717) is 16.9 Å². The van der Waals surface area contributed by atoms with Gasteiger partial charge in [0.2, 0.25) is 5.91 Å². The van der Waals surface area contributed by atoms with E-state index >= 15 is 0 Å². The molecule has 2 amide bonds. The Hall–Kier alpha value is -3.28. The third-order valence-corrected chi connectivity index (χ3v) is 5.22. The smallest absolute Gasteiger partial charge is 0.389 e. The van der Waals surface area contributed by atoms with Gasteiger partial charge >= 0.3 is 11.8 Å². The molecule has 0 saturated carbocycles. The molecule has 2 aromatic rings. The van der Waals surface area contributed by atoms with E-state index in [0.717, 1.165) is 11.3 Å². The minimum atomic E-state index is -0.623. The molecule has 162 valence electrons. The summed E-state index contributed by atoms with van der Waals surface area (Å²) in [5.41, 5.74) is 0.597. The lowest BCUT2D eigenvalue weighted by Gasteiger charge is -2.09. The van der Waals surface area contributed by atoms with Gasteiger partial charge in [-0.3, -0.25) is 9.59 Å². The molecule has 0 radical (unpaired) electrons. The summed E-state index contributed by atoms with van der Waals surface area (Å²) in [6.07, 6.45) is 2.01. The van der Waals surface area contributed by atoms with E-state index in [9.17, 15) is 24.5 Å². The molecule has 0 bridgehead atoms. The molecule has 0 spiro atoms. The first-order chi connectivity index (χ1) is 14.1. The van der Waals surface area contributed by atoms with Gasteiger partial charge in [0.1, 0.15) is 5.00 Å². The normalized spacial score (nSPS) is 10.5. The van der Waals surface area contributed by atoms with Gasteiger partial charge in [-0.25, -0.2) is 4.79 Å². The molecule has 2 heterocycles. The number of nitro groups is 1. The number of amides is 2. The van der Waals surface area contributed by atoms with Crippen molar-refractivity contribution in [2.75, 3.05) is 26.0 Å². The molecule has 2 rings (SSSR count). The van der Waals surface area contributed by atoms with Gasteiger partial charge in [0.05, 0.1) is 41.0 Å². The molecule has 2 aromatic heterocycles. The van der Waals surface area contributed by atoms with E-state index in [1.807, 2.05) is 6.92 Å². The topological polar surface area (TPSA) is 137 Å². The second kappa shape index (κ2) is 9.96. The van der Waals surface area contributed by atoms with Crippen molar-refractivity contribution in [3.05, 3.63) is 38.4 Å². The van der Waals surface area contributed by atoms with Crippen LogP contribution in [0.3, 0.4) is 0 Å². The van der Waals surface area contributed by atoms with E-state index < -0.39 is 16.8 Å². The van der Waals surface area contributed by atoms with Gasteiger partial charge < -0.3 is 25.1 Å². The maximum absolute atomic E-state index is 12.5. The Morgan fingerprint density at radius 3 is 2.63 bits per heavy atom. The lowest BCUT2D eigenvalue weighted by molar-refractivity contribution is -0.389. The van der Waals surface area contributed by atoms with Gasteiger partial charge in [-0.15, -0.1) is 11.3 Å². The Balaban J connectivity index is 2.19. The molecule has 0 aromatic carbocycles. The first kappa shape index (κ1) is 23.0. The number of thiophene rings is 1. The van der Waals surface area contributed by atoms with E-state index in [4.69, 9.17) is 4.74 Å². The fourth-order valence-corrected chi connectivity index (χ4v) is 3.73. The van der Waals surface area contributed by atoms with Crippen molar-refractivity contribution >= 4 is 39.9 Å². The van der Waals surface area contributed by atoms with E-state index in [-0.39, 0.29) is 41.9 Å². The van der Waals surface area contributed by atoms with Crippen molar-refractivity contribution < 1.29 is 24.0 Å². The zero-order valence-electron chi connectivity index (χ0n) is 17.1. The van der Waals surface area contributed by atoms with Crippen LogP contribution in [0.2, 0.25) is 0 Å². The summed E-state index contributed by atoms with van der Waals surface area (Å²) in [5.74, 6) is -1.63. The van der Waals surface area contributed by atoms with Crippen molar-refractivity contribution in [1.82, 2.24) is 14.7 Å². The predicted molar refractivity (Wildman–Crippen MR) is 110 cm³/mol. The number of anilines is 1. The molecule has 11 nitrogen and oxygen atoms in total. The third kappa shape index (κ3) is 5.41. The Morgan fingerprint density at radius 1 is 1.37 bits per heavy atom. The van der Waals surface area contributed by atoms with Gasteiger partial charge in [0, 0.05) is 20.5 Å². The molecule has 0 aliphatic rings. The van der Waals surface area contributed by atoms with E-state index in [1.54, 1.807) is 21.0 Å². The number of nitrogens with zero attached hydrogens (tertiary/aromatic N) is 4. The summed E-state index contributed by atoms with van der Waals surface area (Å²) < 4.78 is 6.49. The monoisotopic (exact) mass is 437 g/mol. The fourth-order valence-electron chi connectivity index (χ4n) is 2.50. The van der Waals surface area contributed by atoms with Crippen molar-refractivity contribution in [1.29, 1.82) is 0 Å². The molecular formula is C18H23N5O6S. The highest BCUT2D eigenvalue weighted by Crippen LogP contribution is 2.34. The Morgan fingerprint density at radius 2 is 2.07 bits per heavy atom. The Labute approximate surface area is 176 Å². The number of aromatic nitrogens is 2. The first-order valence-electron chi connectivity index (χ1n) is 9.15. The van der Waals surface area contributed by atoms with Crippen molar-refractivity contribution in [3.8, 4) is 0 Å². The number of hydrogen-bond donors (Lipinski definition) is 1. The number of carbonyl (C=O) groups excluding carboxylic acids is 3. The van der Waals surface area contributed by atoms with E-state index in [1.165, 1.54) is 21.8 Å². The zero-order valence-corrected chi connectivity index (χ0v) is 17.9. The summed E-state index contributed by atoms with van der Waals surface area (Å²) >= 11 is 1.01. The summed E-state index contributed by atoms with van der Waals surface area (Å²) in [5, 5.41) is 17.3. The molecule has 30 heavy (non-hydrogen) atoms. The van der Waals surface area contributed by atoms with Crippen LogP contribution in [0.25, 0.3) is 0 Å². The SMILES string of the molecule is CCCOC(=O)c1c(NC(=O)CCn2ccc([N+](=O)[O-])n2)sc(C(=O)N(C)C)c1C. The van der Waals surface area contributed by atoms with Crippen LogP contribution in [0.4, 0.5) is 10.8 Å². The van der Waals surface area contributed by atoms with Gasteiger partial charge in [-0.2, -0.15) is 4.68 Å². The Kier molecular flexibility index (Phi) is 7.64.